The van der Waals surface area contributed by atoms with Gasteiger partial charge in [-0.2, -0.15) is 0 Å². The van der Waals surface area contributed by atoms with E-state index in [0.717, 1.165) is 32.1 Å². The number of anilines is 1. The number of hydrogen-bond acceptors (Lipinski definition) is 2. The Labute approximate surface area is 150 Å². The van der Waals surface area contributed by atoms with Crippen molar-refractivity contribution in [3.8, 4) is 11.1 Å². The third kappa shape index (κ3) is 3.87. The molecule has 1 aliphatic rings. The second-order valence-corrected chi connectivity index (χ2v) is 7.52. The van der Waals surface area contributed by atoms with Gasteiger partial charge in [-0.05, 0) is 48.1 Å². The molecular weight excluding hydrogens is 308 g/mol. The van der Waals surface area contributed by atoms with Crippen LogP contribution in [0.15, 0.2) is 48.5 Å². The quantitative estimate of drug-likeness (QED) is 0.880. The van der Waals surface area contributed by atoms with Gasteiger partial charge in [0, 0.05) is 19.8 Å². The Bertz CT molecular complexity index is 711. The Balaban J connectivity index is 1.76. The molecule has 1 amide bonds. The van der Waals surface area contributed by atoms with E-state index in [0.29, 0.717) is 0 Å². The number of amides is 1. The molecule has 2 N–H and O–H groups in total. The van der Waals surface area contributed by atoms with Gasteiger partial charge in [0.05, 0.1) is 5.41 Å². The molecule has 3 rings (SSSR count). The fourth-order valence-corrected chi connectivity index (χ4v) is 3.90. The zero-order valence-electron chi connectivity index (χ0n) is 15.3. The highest BCUT2D eigenvalue weighted by Crippen LogP contribution is 2.39. The van der Waals surface area contributed by atoms with E-state index in [1.54, 1.807) is 0 Å². The van der Waals surface area contributed by atoms with Crippen LogP contribution in [0.3, 0.4) is 0 Å². The minimum Gasteiger partial charge on any atom is -0.378 e. The van der Waals surface area contributed by atoms with E-state index in [2.05, 4.69) is 53.4 Å². The molecule has 0 spiro atoms. The average molecular weight is 336 g/mol. The Morgan fingerprint density at radius 3 is 1.92 bits per heavy atom. The van der Waals surface area contributed by atoms with Gasteiger partial charge < -0.3 is 10.6 Å². The van der Waals surface area contributed by atoms with E-state index in [1.807, 2.05) is 14.1 Å². The Hall–Kier alpha value is -2.29. The minimum atomic E-state index is -0.340. The highest BCUT2D eigenvalue weighted by Gasteiger charge is 2.37. The third-order valence-corrected chi connectivity index (χ3v) is 5.55. The average Bonchev–Trinajstić information content (AvgIpc) is 2.63. The normalized spacial score (nSPS) is 16.4. The molecule has 25 heavy (non-hydrogen) atoms. The van der Waals surface area contributed by atoms with E-state index >= 15 is 0 Å². The van der Waals surface area contributed by atoms with Crippen molar-refractivity contribution < 1.29 is 4.79 Å². The van der Waals surface area contributed by atoms with Gasteiger partial charge in [-0.15, -0.1) is 0 Å². The fourth-order valence-electron chi connectivity index (χ4n) is 3.90. The van der Waals surface area contributed by atoms with E-state index < -0.39 is 0 Å². The van der Waals surface area contributed by atoms with Crippen LogP contribution in [0.2, 0.25) is 0 Å². The summed E-state index contributed by atoms with van der Waals surface area (Å²) in [6.07, 6.45) is 6.06. The molecule has 0 aromatic heterocycles. The molecule has 3 nitrogen and oxygen atoms in total. The number of benzene rings is 2. The topological polar surface area (TPSA) is 46.3 Å². The van der Waals surface area contributed by atoms with Gasteiger partial charge in [-0.3, -0.25) is 4.79 Å². The smallest absolute Gasteiger partial charge is 0.223 e. The third-order valence-electron chi connectivity index (χ3n) is 5.55. The Kier molecular flexibility index (Phi) is 5.12. The minimum absolute atomic E-state index is 0.129. The molecule has 132 valence electrons. The van der Waals surface area contributed by atoms with E-state index in [4.69, 9.17) is 5.73 Å². The van der Waals surface area contributed by atoms with Gasteiger partial charge in [-0.25, -0.2) is 0 Å². The van der Waals surface area contributed by atoms with E-state index in [1.165, 1.54) is 28.8 Å². The second kappa shape index (κ2) is 7.30. The predicted octanol–water partition coefficient (Wildman–Crippen LogP) is 4.40. The van der Waals surface area contributed by atoms with Crippen LogP contribution in [0.25, 0.3) is 11.1 Å². The number of hydrogen-bond donors (Lipinski definition) is 1. The summed E-state index contributed by atoms with van der Waals surface area (Å²) in [6, 6.07) is 17.2. The van der Waals surface area contributed by atoms with Crippen molar-refractivity contribution in [1.29, 1.82) is 0 Å². The first-order valence-corrected chi connectivity index (χ1v) is 9.17. The van der Waals surface area contributed by atoms with Crippen LogP contribution < -0.4 is 10.6 Å². The lowest BCUT2D eigenvalue weighted by Gasteiger charge is -2.34. The molecule has 1 saturated carbocycles. The van der Waals surface area contributed by atoms with Crippen molar-refractivity contribution >= 4 is 11.6 Å². The summed E-state index contributed by atoms with van der Waals surface area (Å²) >= 11 is 0. The summed E-state index contributed by atoms with van der Waals surface area (Å²) in [6.45, 7) is 0. The maximum absolute atomic E-state index is 12.1. The molecule has 0 heterocycles. The van der Waals surface area contributed by atoms with Crippen LogP contribution in [0.1, 0.15) is 37.7 Å². The predicted molar refractivity (Wildman–Crippen MR) is 105 cm³/mol. The molecule has 0 saturated heterocycles. The van der Waals surface area contributed by atoms with Crippen molar-refractivity contribution in [3.63, 3.8) is 0 Å². The summed E-state index contributed by atoms with van der Waals surface area (Å²) in [5.74, 6) is -0.129. The maximum Gasteiger partial charge on any atom is 0.223 e. The zero-order chi connectivity index (χ0) is 17.9. The lowest BCUT2D eigenvalue weighted by molar-refractivity contribution is -0.129. The molecule has 0 bridgehead atoms. The highest BCUT2D eigenvalue weighted by molar-refractivity contribution is 5.81. The SMILES string of the molecule is CN(C)c1ccc(-c2ccc(CC3(C(N)=O)CCCCC3)cc2)cc1. The number of carbonyl (C=O) groups excluding carboxylic acids is 1. The lowest BCUT2D eigenvalue weighted by atomic mass is 9.70. The van der Waals surface area contributed by atoms with Crippen molar-refractivity contribution in [1.82, 2.24) is 0 Å². The molecule has 0 aliphatic heterocycles. The van der Waals surface area contributed by atoms with E-state index in [9.17, 15) is 4.79 Å². The van der Waals surface area contributed by atoms with Crippen LogP contribution >= 0.6 is 0 Å². The van der Waals surface area contributed by atoms with Crippen LogP contribution in [0.5, 0.6) is 0 Å². The van der Waals surface area contributed by atoms with Crippen LogP contribution in [0.4, 0.5) is 5.69 Å². The number of rotatable bonds is 5. The molecule has 3 heteroatoms. The van der Waals surface area contributed by atoms with Gasteiger partial charge in [0.25, 0.3) is 0 Å². The molecule has 1 fully saturated rings. The second-order valence-electron chi connectivity index (χ2n) is 7.52. The zero-order valence-corrected chi connectivity index (χ0v) is 15.3. The van der Waals surface area contributed by atoms with Crippen LogP contribution in [-0.4, -0.2) is 20.0 Å². The van der Waals surface area contributed by atoms with Crippen molar-refractivity contribution in [2.75, 3.05) is 19.0 Å². The lowest BCUT2D eigenvalue weighted by Crippen LogP contribution is -2.40. The van der Waals surface area contributed by atoms with Gasteiger partial charge in [0.1, 0.15) is 0 Å². The summed E-state index contributed by atoms with van der Waals surface area (Å²) in [7, 11) is 4.09. The summed E-state index contributed by atoms with van der Waals surface area (Å²) in [5, 5.41) is 0. The van der Waals surface area contributed by atoms with Gasteiger partial charge in [-0.1, -0.05) is 55.7 Å². The van der Waals surface area contributed by atoms with Crippen LogP contribution in [-0.2, 0) is 11.2 Å². The fraction of sp³-hybridized carbons (Fsp3) is 0.409. The van der Waals surface area contributed by atoms with Crippen molar-refractivity contribution in [2.24, 2.45) is 11.1 Å². The first-order chi connectivity index (χ1) is 12.0. The number of carbonyl (C=O) groups is 1. The molecule has 2 aromatic carbocycles. The Morgan fingerprint density at radius 1 is 0.920 bits per heavy atom. The number of nitrogens with zero attached hydrogens (tertiary/aromatic N) is 1. The number of nitrogens with two attached hydrogens (primary N) is 1. The first kappa shape index (κ1) is 17.5. The maximum atomic E-state index is 12.1. The van der Waals surface area contributed by atoms with Crippen molar-refractivity contribution in [3.05, 3.63) is 54.1 Å². The number of primary amides is 1. The van der Waals surface area contributed by atoms with Gasteiger partial charge in [0.15, 0.2) is 0 Å². The molecule has 0 atom stereocenters. The summed E-state index contributed by atoms with van der Waals surface area (Å²) in [4.78, 5) is 14.2. The molecular formula is C22H28N2O. The molecule has 0 radical (unpaired) electrons. The first-order valence-electron chi connectivity index (χ1n) is 9.17. The standard InChI is InChI=1S/C22H28N2O/c1-24(2)20-12-10-19(11-13-20)18-8-6-17(7-9-18)16-22(21(23)25)14-4-3-5-15-22/h6-13H,3-5,14-16H2,1-2H3,(H2,23,25). The monoisotopic (exact) mass is 336 g/mol. The summed E-state index contributed by atoms with van der Waals surface area (Å²) in [5.41, 5.74) is 10.2. The summed E-state index contributed by atoms with van der Waals surface area (Å²) < 4.78 is 0. The molecule has 2 aromatic rings. The largest absolute Gasteiger partial charge is 0.378 e. The Morgan fingerprint density at radius 2 is 1.44 bits per heavy atom. The van der Waals surface area contributed by atoms with Gasteiger partial charge in [0.2, 0.25) is 5.91 Å². The highest BCUT2D eigenvalue weighted by atomic mass is 16.1. The molecule has 0 unspecified atom stereocenters. The van der Waals surface area contributed by atoms with Crippen LogP contribution in [0, 0.1) is 5.41 Å². The van der Waals surface area contributed by atoms with Crippen molar-refractivity contribution in [2.45, 2.75) is 38.5 Å². The van der Waals surface area contributed by atoms with Gasteiger partial charge >= 0.3 is 0 Å². The molecule has 1 aliphatic carbocycles. The van der Waals surface area contributed by atoms with E-state index in [-0.39, 0.29) is 11.3 Å².